The lowest BCUT2D eigenvalue weighted by molar-refractivity contribution is 0.187. The molecule has 2 atom stereocenters. The Kier molecular flexibility index (Phi) is 4.61. The first-order valence-electron chi connectivity index (χ1n) is 6.80. The van der Waals surface area contributed by atoms with Crippen LogP contribution in [0.4, 0.5) is 4.79 Å². The summed E-state index contributed by atoms with van der Waals surface area (Å²) in [4.78, 5) is 15.3. The molecule has 108 valence electrons. The van der Waals surface area contributed by atoms with Crippen LogP contribution in [-0.2, 0) is 11.2 Å². The first-order valence-corrected chi connectivity index (χ1v) is 6.80. The van der Waals surface area contributed by atoms with Gasteiger partial charge in [-0.25, -0.2) is 9.79 Å². The van der Waals surface area contributed by atoms with Crippen LogP contribution in [0.15, 0.2) is 35.3 Å². The van der Waals surface area contributed by atoms with Crippen LogP contribution < -0.4 is 5.32 Å². The summed E-state index contributed by atoms with van der Waals surface area (Å²) in [6.45, 7) is 4.39. The lowest BCUT2D eigenvalue weighted by Crippen LogP contribution is -2.43. The Morgan fingerprint density at radius 3 is 2.75 bits per heavy atom. The zero-order valence-electron chi connectivity index (χ0n) is 11.7. The lowest BCUT2D eigenvalue weighted by atomic mass is 10.0. The highest BCUT2D eigenvalue weighted by Crippen LogP contribution is 2.16. The van der Waals surface area contributed by atoms with Crippen molar-refractivity contribution in [2.45, 2.75) is 32.4 Å². The second-order valence-electron chi connectivity index (χ2n) is 5.29. The molecular formula is C15H20N2O3. The van der Waals surface area contributed by atoms with Gasteiger partial charge in [-0.05, 0) is 17.9 Å². The zero-order valence-corrected chi connectivity index (χ0v) is 11.7. The Labute approximate surface area is 118 Å². The third-order valence-corrected chi connectivity index (χ3v) is 3.26. The molecule has 2 rings (SSSR count). The van der Waals surface area contributed by atoms with Gasteiger partial charge in [0.15, 0.2) is 0 Å². The minimum absolute atomic E-state index is 0.0595. The van der Waals surface area contributed by atoms with Gasteiger partial charge in [-0.3, -0.25) is 0 Å². The van der Waals surface area contributed by atoms with Gasteiger partial charge in [0, 0.05) is 0 Å². The minimum atomic E-state index is -1.05. The Morgan fingerprint density at radius 1 is 1.45 bits per heavy atom. The van der Waals surface area contributed by atoms with Gasteiger partial charge < -0.3 is 15.2 Å². The van der Waals surface area contributed by atoms with Crippen molar-refractivity contribution in [1.82, 2.24) is 5.32 Å². The fraction of sp³-hybridized carbons (Fsp3) is 0.467. The van der Waals surface area contributed by atoms with E-state index >= 15 is 0 Å². The number of hydrogen-bond donors (Lipinski definition) is 2. The molecule has 0 radical (unpaired) electrons. The van der Waals surface area contributed by atoms with Crippen molar-refractivity contribution >= 4 is 12.0 Å². The molecule has 0 aromatic heterocycles. The van der Waals surface area contributed by atoms with Gasteiger partial charge in [-0.2, -0.15) is 0 Å². The maximum Gasteiger partial charge on any atom is 0.405 e. The van der Waals surface area contributed by atoms with E-state index in [2.05, 4.69) is 22.4 Å². The Bertz CT molecular complexity index is 485. The molecule has 0 aliphatic carbocycles. The van der Waals surface area contributed by atoms with Crippen molar-refractivity contribution in [1.29, 1.82) is 0 Å². The third-order valence-electron chi connectivity index (χ3n) is 3.26. The lowest BCUT2D eigenvalue weighted by Gasteiger charge is -2.19. The van der Waals surface area contributed by atoms with Crippen molar-refractivity contribution in [3.63, 3.8) is 0 Å². The molecule has 5 nitrogen and oxygen atoms in total. The molecular weight excluding hydrogens is 256 g/mol. The number of ether oxygens (including phenoxy) is 1. The number of nitrogens with zero attached hydrogens (tertiary/aromatic N) is 1. The summed E-state index contributed by atoms with van der Waals surface area (Å²) in [5.41, 5.74) is 1.21. The van der Waals surface area contributed by atoms with Crippen LogP contribution in [0.5, 0.6) is 0 Å². The van der Waals surface area contributed by atoms with Gasteiger partial charge in [-0.1, -0.05) is 44.2 Å². The number of hydrogen-bond acceptors (Lipinski definition) is 3. The molecule has 2 N–H and O–H groups in total. The molecule has 1 aliphatic heterocycles. The minimum Gasteiger partial charge on any atom is -0.477 e. The Balaban J connectivity index is 2.03. The van der Waals surface area contributed by atoms with Crippen LogP contribution in [0, 0.1) is 5.92 Å². The predicted molar refractivity (Wildman–Crippen MR) is 77.1 cm³/mol. The molecule has 1 unspecified atom stereocenters. The molecule has 1 aliphatic rings. The van der Waals surface area contributed by atoms with E-state index in [0.717, 1.165) is 6.42 Å². The van der Waals surface area contributed by atoms with E-state index in [-0.39, 0.29) is 18.0 Å². The maximum absolute atomic E-state index is 10.8. The summed E-state index contributed by atoms with van der Waals surface area (Å²) >= 11 is 0. The maximum atomic E-state index is 10.8. The first-order chi connectivity index (χ1) is 9.56. The fourth-order valence-electron chi connectivity index (χ4n) is 2.24. The van der Waals surface area contributed by atoms with Gasteiger partial charge >= 0.3 is 6.09 Å². The molecule has 1 heterocycles. The fourth-order valence-corrected chi connectivity index (χ4v) is 2.24. The molecule has 1 amide bonds. The van der Waals surface area contributed by atoms with E-state index in [4.69, 9.17) is 9.84 Å². The van der Waals surface area contributed by atoms with Gasteiger partial charge in [-0.15, -0.1) is 0 Å². The van der Waals surface area contributed by atoms with Gasteiger partial charge in [0.25, 0.3) is 0 Å². The molecule has 0 saturated carbocycles. The Morgan fingerprint density at radius 2 is 2.15 bits per heavy atom. The topological polar surface area (TPSA) is 70.9 Å². The van der Waals surface area contributed by atoms with Gasteiger partial charge in [0.1, 0.15) is 12.6 Å². The van der Waals surface area contributed by atoms with Crippen LogP contribution >= 0.6 is 0 Å². The molecule has 1 aromatic rings. The second kappa shape index (κ2) is 6.41. The van der Waals surface area contributed by atoms with E-state index in [9.17, 15) is 4.79 Å². The van der Waals surface area contributed by atoms with Gasteiger partial charge in [0.2, 0.25) is 5.90 Å². The number of carbonyl (C=O) groups is 1. The van der Waals surface area contributed by atoms with Crippen molar-refractivity contribution in [2.24, 2.45) is 10.9 Å². The van der Waals surface area contributed by atoms with Crippen LogP contribution in [0.2, 0.25) is 0 Å². The Hall–Kier alpha value is -2.04. The number of amides is 1. The van der Waals surface area contributed by atoms with Crippen LogP contribution in [-0.4, -0.2) is 35.8 Å². The van der Waals surface area contributed by atoms with Gasteiger partial charge in [0.05, 0.1) is 6.04 Å². The highest BCUT2D eigenvalue weighted by Gasteiger charge is 2.29. The van der Waals surface area contributed by atoms with E-state index in [1.54, 1.807) is 0 Å². The first kappa shape index (κ1) is 14.4. The number of rotatable bonds is 5. The number of benzene rings is 1. The average Bonchev–Trinajstić information content (AvgIpc) is 2.85. The number of nitrogens with one attached hydrogen (secondary N) is 1. The van der Waals surface area contributed by atoms with E-state index in [0.29, 0.717) is 12.5 Å². The molecule has 0 spiro atoms. The SMILES string of the molecule is CC(C)[C@H](NC(=O)O)C1=NC(Cc2ccccc2)CO1. The predicted octanol–water partition coefficient (Wildman–Crippen LogP) is 2.32. The molecule has 0 bridgehead atoms. The van der Waals surface area contributed by atoms with E-state index in [1.165, 1.54) is 5.56 Å². The summed E-state index contributed by atoms with van der Waals surface area (Å²) in [6.07, 6.45) is -0.246. The molecule has 0 saturated heterocycles. The summed E-state index contributed by atoms with van der Waals surface area (Å²) in [5, 5.41) is 11.3. The van der Waals surface area contributed by atoms with E-state index < -0.39 is 6.09 Å². The number of carboxylic acid groups (broad SMARTS) is 1. The highest BCUT2D eigenvalue weighted by atomic mass is 16.5. The number of aliphatic imine (C=N–C) groups is 1. The van der Waals surface area contributed by atoms with Crippen molar-refractivity contribution in [3.8, 4) is 0 Å². The molecule has 20 heavy (non-hydrogen) atoms. The smallest absolute Gasteiger partial charge is 0.405 e. The standard InChI is InChI=1S/C15H20N2O3/c1-10(2)13(17-15(18)19)14-16-12(9-20-14)8-11-6-4-3-5-7-11/h3-7,10,12-13,17H,8-9H2,1-2H3,(H,18,19)/t12?,13-/m0/s1. The third kappa shape index (κ3) is 3.73. The monoisotopic (exact) mass is 276 g/mol. The van der Waals surface area contributed by atoms with Crippen LogP contribution in [0.25, 0.3) is 0 Å². The van der Waals surface area contributed by atoms with Crippen molar-refractivity contribution in [3.05, 3.63) is 35.9 Å². The van der Waals surface area contributed by atoms with Crippen molar-refractivity contribution in [2.75, 3.05) is 6.61 Å². The summed E-state index contributed by atoms with van der Waals surface area (Å²) in [6, 6.07) is 9.77. The normalized spacial score (nSPS) is 19.4. The molecule has 5 heteroatoms. The summed E-state index contributed by atoms with van der Waals surface area (Å²) in [5.74, 6) is 0.601. The highest BCUT2D eigenvalue weighted by molar-refractivity contribution is 5.86. The van der Waals surface area contributed by atoms with Crippen LogP contribution in [0.3, 0.4) is 0 Å². The van der Waals surface area contributed by atoms with E-state index in [1.807, 2.05) is 32.0 Å². The average molecular weight is 276 g/mol. The second-order valence-corrected chi connectivity index (χ2v) is 5.29. The quantitative estimate of drug-likeness (QED) is 0.867. The molecule has 0 fully saturated rings. The summed E-state index contributed by atoms with van der Waals surface area (Å²) < 4.78 is 5.59. The largest absolute Gasteiger partial charge is 0.477 e. The molecule has 1 aromatic carbocycles. The van der Waals surface area contributed by atoms with Crippen molar-refractivity contribution < 1.29 is 14.6 Å². The zero-order chi connectivity index (χ0) is 14.5. The van der Waals surface area contributed by atoms with Crippen LogP contribution in [0.1, 0.15) is 19.4 Å². The summed E-state index contributed by atoms with van der Waals surface area (Å²) in [7, 11) is 0.